The predicted octanol–water partition coefficient (Wildman–Crippen LogP) is 3.65. The molecule has 0 aliphatic carbocycles. The maximum absolute atomic E-state index is 9.68. The van der Waals surface area contributed by atoms with Crippen LogP contribution < -0.4 is 9.47 Å². The minimum atomic E-state index is -0.0584. The molecular formula is C17H22O3. The van der Waals surface area contributed by atoms with Crippen molar-refractivity contribution < 1.29 is 14.6 Å². The lowest BCUT2D eigenvalue weighted by Crippen LogP contribution is -2.15. The molecule has 0 saturated heterocycles. The Morgan fingerprint density at radius 2 is 1.70 bits per heavy atom. The first-order chi connectivity index (χ1) is 9.42. The van der Waals surface area contributed by atoms with Crippen molar-refractivity contribution in [3.8, 4) is 11.5 Å². The first kappa shape index (κ1) is 14.7. The zero-order valence-corrected chi connectivity index (χ0v) is 12.8. The van der Waals surface area contributed by atoms with E-state index in [1.165, 1.54) is 0 Å². The number of aliphatic hydroxyl groups is 1. The molecule has 1 N–H and O–H groups in total. The van der Waals surface area contributed by atoms with Crippen LogP contribution in [0.3, 0.4) is 0 Å². The van der Waals surface area contributed by atoms with Crippen molar-refractivity contribution in [2.45, 2.75) is 32.8 Å². The van der Waals surface area contributed by atoms with E-state index in [2.05, 4.69) is 20.8 Å². The van der Waals surface area contributed by atoms with Crippen LogP contribution in [0.15, 0.2) is 24.3 Å². The summed E-state index contributed by atoms with van der Waals surface area (Å²) in [5.41, 5.74) is 2.00. The number of hydrogen-bond donors (Lipinski definition) is 1. The molecule has 0 aliphatic rings. The molecule has 108 valence electrons. The Bertz CT molecular complexity index is 624. The minimum Gasteiger partial charge on any atom is -0.497 e. The monoisotopic (exact) mass is 274 g/mol. The van der Waals surface area contributed by atoms with E-state index in [-0.39, 0.29) is 12.0 Å². The summed E-state index contributed by atoms with van der Waals surface area (Å²) in [6.07, 6.45) is 0. The van der Waals surface area contributed by atoms with E-state index in [1.54, 1.807) is 14.2 Å². The molecule has 0 unspecified atom stereocenters. The highest BCUT2D eigenvalue weighted by atomic mass is 16.5. The summed E-state index contributed by atoms with van der Waals surface area (Å²) in [6.45, 7) is 6.46. The van der Waals surface area contributed by atoms with Gasteiger partial charge in [0.05, 0.1) is 20.8 Å². The molecule has 0 spiro atoms. The zero-order chi connectivity index (χ0) is 14.9. The van der Waals surface area contributed by atoms with Gasteiger partial charge in [0.15, 0.2) is 0 Å². The van der Waals surface area contributed by atoms with Gasteiger partial charge in [-0.1, -0.05) is 26.8 Å². The second-order valence-electron chi connectivity index (χ2n) is 5.93. The van der Waals surface area contributed by atoms with Crippen LogP contribution in [0.4, 0.5) is 0 Å². The second kappa shape index (κ2) is 5.33. The highest BCUT2D eigenvalue weighted by Crippen LogP contribution is 2.39. The Balaban J connectivity index is 2.89. The summed E-state index contributed by atoms with van der Waals surface area (Å²) in [6, 6.07) is 7.88. The predicted molar refractivity (Wildman–Crippen MR) is 81.7 cm³/mol. The molecule has 3 nitrogen and oxygen atoms in total. The summed E-state index contributed by atoms with van der Waals surface area (Å²) < 4.78 is 10.8. The molecular weight excluding hydrogens is 252 g/mol. The number of benzene rings is 2. The van der Waals surface area contributed by atoms with E-state index in [0.717, 1.165) is 33.4 Å². The summed E-state index contributed by atoms with van der Waals surface area (Å²) in [7, 11) is 3.30. The van der Waals surface area contributed by atoms with Crippen molar-refractivity contribution in [3.63, 3.8) is 0 Å². The number of hydrogen-bond acceptors (Lipinski definition) is 3. The summed E-state index contributed by atoms with van der Waals surface area (Å²) >= 11 is 0. The van der Waals surface area contributed by atoms with Gasteiger partial charge in [-0.3, -0.25) is 0 Å². The lowest BCUT2D eigenvalue weighted by Gasteiger charge is -2.26. The van der Waals surface area contributed by atoms with E-state index in [9.17, 15) is 5.11 Å². The Morgan fingerprint density at radius 1 is 1.00 bits per heavy atom. The third-order valence-electron chi connectivity index (χ3n) is 3.53. The fourth-order valence-electron chi connectivity index (χ4n) is 2.73. The van der Waals surface area contributed by atoms with Crippen LogP contribution in [0, 0.1) is 0 Å². The van der Waals surface area contributed by atoms with Crippen LogP contribution in [0.25, 0.3) is 10.8 Å². The smallest absolute Gasteiger partial charge is 0.127 e. The fourth-order valence-corrected chi connectivity index (χ4v) is 2.73. The topological polar surface area (TPSA) is 38.7 Å². The van der Waals surface area contributed by atoms with Crippen molar-refractivity contribution in [1.29, 1.82) is 0 Å². The molecule has 0 aliphatic heterocycles. The molecule has 2 aromatic carbocycles. The molecule has 0 fully saturated rings. The molecule has 0 radical (unpaired) electrons. The zero-order valence-electron chi connectivity index (χ0n) is 12.8. The van der Waals surface area contributed by atoms with Crippen molar-refractivity contribution >= 4 is 10.8 Å². The maximum atomic E-state index is 9.68. The molecule has 0 aromatic heterocycles. The number of fused-ring (bicyclic) bond motifs is 1. The normalized spacial score (nSPS) is 11.7. The fraction of sp³-hybridized carbons (Fsp3) is 0.412. The van der Waals surface area contributed by atoms with Crippen LogP contribution in [0.2, 0.25) is 0 Å². The third-order valence-corrected chi connectivity index (χ3v) is 3.53. The standard InChI is InChI=1S/C17H22O3/c1-17(2,3)16-11(10-18)8-15(20-5)14-9-12(19-4)6-7-13(14)16/h6-9,18H,10H2,1-5H3. The SMILES string of the molecule is COc1ccc2c(C(C)(C)C)c(CO)cc(OC)c2c1. The van der Waals surface area contributed by atoms with Gasteiger partial charge in [-0.05, 0) is 40.1 Å². The largest absolute Gasteiger partial charge is 0.497 e. The third kappa shape index (κ3) is 2.46. The molecule has 0 atom stereocenters. The van der Waals surface area contributed by atoms with E-state index in [0.29, 0.717) is 0 Å². The van der Waals surface area contributed by atoms with Crippen molar-refractivity contribution in [2.75, 3.05) is 14.2 Å². The number of ether oxygens (including phenoxy) is 2. The first-order valence-electron chi connectivity index (χ1n) is 6.71. The Hall–Kier alpha value is -1.74. The van der Waals surface area contributed by atoms with Crippen LogP contribution in [-0.2, 0) is 12.0 Å². The molecule has 2 rings (SSSR count). The summed E-state index contributed by atoms with van der Waals surface area (Å²) in [5, 5.41) is 11.8. The van der Waals surface area contributed by atoms with Gasteiger partial charge in [-0.25, -0.2) is 0 Å². The molecule has 0 heterocycles. The average molecular weight is 274 g/mol. The van der Waals surface area contributed by atoms with Crippen molar-refractivity contribution in [3.05, 3.63) is 35.4 Å². The van der Waals surface area contributed by atoms with Crippen LogP contribution >= 0.6 is 0 Å². The van der Waals surface area contributed by atoms with E-state index < -0.39 is 0 Å². The van der Waals surface area contributed by atoms with Crippen molar-refractivity contribution in [1.82, 2.24) is 0 Å². The highest BCUT2D eigenvalue weighted by Gasteiger charge is 2.23. The van der Waals surface area contributed by atoms with Crippen LogP contribution in [-0.4, -0.2) is 19.3 Å². The highest BCUT2D eigenvalue weighted by molar-refractivity contribution is 5.94. The van der Waals surface area contributed by atoms with Crippen LogP contribution in [0.5, 0.6) is 11.5 Å². The van der Waals surface area contributed by atoms with E-state index >= 15 is 0 Å². The molecule has 0 bridgehead atoms. The summed E-state index contributed by atoms with van der Waals surface area (Å²) in [5.74, 6) is 1.56. The first-order valence-corrected chi connectivity index (χ1v) is 6.71. The van der Waals surface area contributed by atoms with Gasteiger partial charge in [-0.2, -0.15) is 0 Å². The molecule has 20 heavy (non-hydrogen) atoms. The van der Waals surface area contributed by atoms with Crippen LogP contribution in [0.1, 0.15) is 31.9 Å². The lowest BCUT2D eigenvalue weighted by molar-refractivity contribution is 0.278. The van der Waals surface area contributed by atoms with Gasteiger partial charge in [0, 0.05) is 5.39 Å². The Labute approximate surface area is 120 Å². The molecule has 3 heteroatoms. The second-order valence-corrected chi connectivity index (χ2v) is 5.93. The Kier molecular flexibility index (Phi) is 3.91. The van der Waals surface area contributed by atoms with Crippen molar-refractivity contribution in [2.24, 2.45) is 0 Å². The van der Waals surface area contributed by atoms with Gasteiger partial charge < -0.3 is 14.6 Å². The average Bonchev–Trinajstić information content (AvgIpc) is 2.43. The lowest BCUT2D eigenvalue weighted by atomic mass is 9.80. The van der Waals surface area contributed by atoms with E-state index in [4.69, 9.17) is 9.47 Å². The molecule has 0 amide bonds. The number of methoxy groups -OCH3 is 2. The van der Waals surface area contributed by atoms with Gasteiger partial charge in [0.2, 0.25) is 0 Å². The molecule has 0 saturated carbocycles. The molecule has 2 aromatic rings. The van der Waals surface area contributed by atoms with Gasteiger partial charge in [0.1, 0.15) is 11.5 Å². The number of rotatable bonds is 3. The maximum Gasteiger partial charge on any atom is 0.127 e. The Morgan fingerprint density at radius 3 is 2.20 bits per heavy atom. The van der Waals surface area contributed by atoms with Gasteiger partial charge >= 0.3 is 0 Å². The van der Waals surface area contributed by atoms with Gasteiger partial charge in [0.25, 0.3) is 0 Å². The minimum absolute atomic E-state index is 0.00489. The number of aliphatic hydroxyl groups excluding tert-OH is 1. The van der Waals surface area contributed by atoms with Gasteiger partial charge in [-0.15, -0.1) is 0 Å². The van der Waals surface area contributed by atoms with E-state index in [1.807, 2.05) is 24.3 Å². The summed E-state index contributed by atoms with van der Waals surface area (Å²) in [4.78, 5) is 0. The quantitative estimate of drug-likeness (QED) is 0.928.